The summed E-state index contributed by atoms with van der Waals surface area (Å²) in [5, 5.41) is 7.33. The van der Waals surface area contributed by atoms with Crippen molar-refractivity contribution >= 4 is 0 Å². The van der Waals surface area contributed by atoms with Gasteiger partial charge in [0.25, 0.3) is 0 Å². The van der Waals surface area contributed by atoms with E-state index < -0.39 is 0 Å². The lowest BCUT2D eigenvalue weighted by Gasteiger charge is -1.94. The molecular formula is C13H14N4. The van der Waals surface area contributed by atoms with Gasteiger partial charge in [-0.25, -0.2) is 4.98 Å². The molecule has 0 bridgehead atoms. The van der Waals surface area contributed by atoms with Crippen molar-refractivity contribution in [2.24, 2.45) is 7.05 Å². The lowest BCUT2D eigenvalue weighted by atomic mass is 10.2. The number of aryl methyl sites for hydroxylation is 1. The number of hydrogen-bond donors (Lipinski definition) is 1. The predicted molar refractivity (Wildman–Crippen MR) is 66.0 cm³/mol. The van der Waals surface area contributed by atoms with Crippen LogP contribution in [0.2, 0.25) is 0 Å². The van der Waals surface area contributed by atoms with Crippen LogP contribution in [0.1, 0.15) is 11.4 Å². The third-order valence-electron chi connectivity index (χ3n) is 2.15. The molecule has 0 unspecified atom stereocenters. The molecule has 0 saturated carbocycles. The molecule has 86 valence electrons. The van der Waals surface area contributed by atoms with Gasteiger partial charge in [0.05, 0.1) is 13.1 Å². The van der Waals surface area contributed by atoms with Gasteiger partial charge in [0.2, 0.25) is 0 Å². The summed E-state index contributed by atoms with van der Waals surface area (Å²) in [6.45, 7) is 1.28. The summed E-state index contributed by atoms with van der Waals surface area (Å²) in [6, 6.07) is 9.93. The molecule has 0 aliphatic heterocycles. The molecule has 1 heterocycles. The van der Waals surface area contributed by atoms with Crippen molar-refractivity contribution in [2.75, 3.05) is 6.54 Å². The molecule has 2 aromatic rings. The summed E-state index contributed by atoms with van der Waals surface area (Å²) < 4.78 is 1.69. The van der Waals surface area contributed by atoms with Crippen molar-refractivity contribution in [2.45, 2.75) is 6.54 Å². The maximum absolute atomic E-state index is 4.16. The van der Waals surface area contributed by atoms with E-state index in [1.165, 1.54) is 0 Å². The summed E-state index contributed by atoms with van der Waals surface area (Å²) in [5.74, 6) is 6.92. The minimum absolute atomic E-state index is 0.632. The van der Waals surface area contributed by atoms with Gasteiger partial charge in [-0.05, 0) is 12.1 Å². The van der Waals surface area contributed by atoms with Crippen molar-refractivity contribution in [3.05, 3.63) is 48.0 Å². The maximum Gasteiger partial charge on any atom is 0.164 e. The summed E-state index contributed by atoms with van der Waals surface area (Å²) >= 11 is 0. The normalized spacial score (nSPS) is 9.71. The first-order chi connectivity index (χ1) is 8.34. The largest absolute Gasteiger partial charge is 0.299 e. The number of aromatic nitrogens is 3. The van der Waals surface area contributed by atoms with Crippen molar-refractivity contribution in [1.29, 1.82) is 0 Å². The van der Waals surface area contributed by atoms with Crippen LogP contribution in [0, 0.1) is 11.8 Å². The van der Waals surface area contributed by atoms with Crippen LogP contribution in [0.3, 0.4) is 0 Å². The fraction of sp³-hybridized carbons (Fsp3) is 0.231. The van der Waals surface area contributed by atoms with Crippen LogP contribution in [0.25, 0.3) is 0 Å². The van der Waals surface area contributed by atoms with Crippen LogP contribution >= 0.6 is 0 Å². The van der Waals surface area contributed by atoms with Gasteiger partial charge in [-0.1, -0.05) is 30.0 Å². The third-order valence-corrected chi connectivity index (χ3v) is 2.15. The molecule has 0 saturated heterocycles. The smallest absolute Gasteiger partial charge is 0.164 e. The van der Waals surface area contributed by atoms with Gasteiger partial charge in [0.1, 0.15) is 6.33 Å². The molecule has 0 amide bonds. The average molecular weight is 226 g/mol. The van der Waals surface area contributed by atoms with Crippen LogP contribution in [-0.4, -0.2) is 21.3 Å². The van der Waals surface area contributed by atoms with E-state index in [0.717, 1.165) is 11.4 Å². The zero-order valence-electron chi connectivity index (χ0n) is 9.72. The van der Waals surface area contributed by atoms with E-state index in [0.29, 0.717) is 13.1 Å². The monoisotopic (exact) mass is 226 g/mol. The highest BCUT2D eigenvalue weighted by atomic mass is 15.3. The van der Waals surface area contributed by atoms with Crippen LogP contribution in [0.5, 0.6) is 0 Å². The highest BCUT2D eigenvalue weighted by Gasteiger charge is 1.95. The average Bonchev–Trinajstić information content (AvgIpc) is 2.76. The highest BCUT2D eigenvalue weighted by Crippen LogP contribution is 1.94. The molecule has 17 heavy (non-hydrogen) atoms. The zero-order valence-corrected chi connectivity index (χ0v) is 9.72. The van der Waals surface area contributed by atoms with Gasteiger partial charge in [0.15, 0.2) is 5.82 Å². The van der Waals surface area contributed by atoms with Gasteiger partial charge in [0, 0.05) is 12.6 Å². The lowest BCUT2D eigenvalue weighted by molar-refractivity contribution is 0.691. The Hall–Kier alpha value is -2.12. The molecule has 0 spiro atoms. The van der Waals surface area contributed by atoms with Crippen LogP contribution in [0.4, 0.5) is 0 Å². The van der Waals surface area contributed by atoms with Crippen molar-refractivity contribution in [3.63, 3.8) is 0 Å². The van der Waals surface area contributed by atoms with E-state index in [1.54, 1.807) is 11.0 Å². The minimum Gasteiger partial charge on any atom is -0.299 e. The van der Waals surface area contributed by atoms with Crippen LogP contribution in [-0.2, 0) is 13.6 Å². The fourth-order valence-corrected chi connectivity index (χ4v) is 1.37. The quantitative estimate of drug-likeness (QED) is 0.626. The van der Waals surface area contributed by atoms with E-state index in [-0.39, 0.29) is 0 Å². The Kier molecular flexibility index (Phi) is 3.90. The van der Waals surface area contributed by atoms with Crippen molar-refractivity contribution < 1.29 is 0 Å². The molecule has 0 atom stereocenters. The first-order valence-corrected chi connectivity index (χ1v) is 5.44. The molecule has 0 aliphatic carbocycles. The van der Waals surface area contributed by atoms with Gasteiger partial charge < -0.3 is 0 Å². The van der Waals surface area contributed by atoms with Gasteiger partial charge in [-0.2, -0.15) is 5.10 Å². The number of nitrogens with zero attached hydrogens (tertiary/aromatic N) is 3. The van der Waals surface area contributed by atoms with Crippen molar-refractivity contribution in [1.82, 2.24) is 20.1 Å². The molecule has 0 aliphatic rings. The zero-order chi connectivity index (χ0) is 11.9. The Morgan fingerprint density at radius 3 is 2.82 bits per heavy atom. The predicted octanol–water partition coefficient (Wildman–Crippen LogP) is 0.956. The number of rotatable bonds is 3. The molecule has 1 aromatic carbocycles. The first kappa shape index (κ1) is 11.4. The Morgan fingerprint density at radius 1 is 1.29 bits per heavy atom. The third kappa shape index (κ3) is 3.74. The van der Waals surface area contributed by atoms with Crippen molar-refractivity contribution in [3.8, 4) is 11.8 Å². The SMILES string of the molecule is Cn1cnc(CNCC#Cc2ccccc2)n1. The standard InChI is InChI=1S/C13H14N4/c1-17-11-15-13(16-17)10-14-9-5-8-12-6-3-2-4-7-12/h2-4,6-7,11,14H,9-10H2,1H3. The topological polar surface area (TPSA) is 42.7 Å². The molecule has 0 radical (unpaired) electrons. The van der Waals surface area contributed by atoms with E-state index in [9.17, 15) is 0 Å². The summed E-state index contributed by atoms with van der Waals surface area (Å²) in [4.78, 5) is 4.11. The van der Waals surface area contributed by atoms with E-state index in [4.69, 9.17) is 0 Å². The van der Waals surface area contributed by atoms with Crippen LogP contribution in [0.15, 0.2) is 36.7 Å². The molecule has 4 heteroatoms. The summed E-state index contributed by atoms with van der Waals surface area (Å²) in [7, 11) is 1.85. The van der Waals surface area contributed by atoms with E-state index in [2.05, 4.69) is 27.2 Å². The van der Waals surface area contributed by atoms with E-state index in [1.807, 2.05) is 37.4 Å². The molecule has 1 aromatic heterocycles. The van der Waals surface area contributed by atoms with E-state index >= 15 is 0 Å². The Balaban J connectivity index is 1.75. The number of hydrogen-bond acceptors (Lipinski definition) is 3. The molecular weight excluding hydrogens is 212 g/mol. The second-order valence-electron chi connectivity index (χ2n) is 3.61. The molecule has 1 N–H and O–H groups in total. The molecule has 2 rings (SSSR count). The van der Waals surface area contributed by atoms with Crippen LogP contribution < -0.4 is 5.32 Å². The highest BCUT2D eigenvalue weighted by molar-refractivity contribution is 5.33. The number of benzene rings is 1. The van der Waals surface area contributed by atoms with Gasteiger partial charge in [-0.15, -0.1) is 0 Å². The second-order valence-corrected chi connectivity index (χ2v) is 3.61. The van der Waals surface area contributed by atoms with Gasteiger partial charge >= 0.3 is 0 Å². The summed E-state index contributed by atoms with van der Waals surface area (Å²) in [6.07, 6.45) is 1.69. The minimum atomic E-state index is 0.632. The second kappa shape index (κ2) is 5.83. The summed E-state index contributed by atoms with van der Waals surface area (Å²) in [5.41, 5.74) is 1.03. The fourth-order valence-electron chi connectivity index (χ4n) is 1.37. The Morgan fingerprint density at radius 2 is 2.12 bits per heavy atom. The Bertz CT molecular complexity index is 519. The first-order valence-electron chi connectivity index (χ1n) is 5.44. The molecule has 4 nitrogen and oxygen atoms in total. The Labute approximate surface area is 101 Å². The molecule has 0 fully saturated rings. The number of nitrogens with one attached hydrogen (secondary N) is 1. The maximum atomic E-state index is 4.16. The van der Waals surface area contributed by atoms with Gasteiger partial charge in [-0.3, -0.25) is 10.00 Å². The lowest BCUT2D eigenvalue weighted by Crippen LogP contribution is -2.14.